The summed E-state index contributed by atoms with van der Waals surface area (Å²) >= 11 is 0. The third-order valence-corrected chi connectivity index (χ3v) is 3.79. The summed E-state index contributed by atoms with van der Waals surface area (Å²) in [6.45, 7) is 3.85. The summed E-state index contributed by atoms with van der Waals surface area (Å²) in [7, 11) is 3.28. The molecular formula is C15H21NO3. The van der Waals surface area contributed by atoms with Gasteiger partial charge in [-0.1, -0.05) is 6.07 Å². The normalized spacial score (nSPS) is 18.2. The standard InChI is InChI=1S/C15H21NO3/c1-11(16-8-6-13(17)7-9-16)12-4-5-14(18-2)15(10-12)19-3/h4-5,10-11H,6-9H2,1-3H3. The number of hydrogen-bond acceptors (Lipinski definition) is 4. The maximum atomic E-state index is 11.3. The number of carbonyl (C=O) groups excluding carboxylic acids is 1. The van der Waals surface area contributed by atoms with Crippen LogP contribution < -0.4 is 9.47 Å². The molecule has 4 heteroatoms. The van der Waals surface area contributed by atoms with Gasteiger partial charge in [-0.05, 0) is 24.6 Å². The Morgan fingerprint density at radius 1 is 1.11 bits per heavy atom. The molecule has 1 aliphatic heterocycles. The van der Waals surface area contributed by atoms with Crippen LogP contribution in [0.25, 0.3) is 0 Å². The fourth-order valence-electron chi connectivity index (χ4n) is 2.48. The topological polar surface area (TPSA) is 38.8 Å². The molecule has 19 heavy (non-hydrogen) atoms. The van der Waals surface area contributed by atoms with E-state index in [2.05, 4.69) is 17.9 Å². The van der Waals surface area contributed by atoms with E-state index in [-0.39, 0.29) is 6.04 Å². The summed E-state index contributed by atoms with van der Waals surface area (Å²) in [4.78, 5) is 13.6. The van der Waals surface area contributed by atoms with Crippen LogP contribution in [0, 0.1) is 0 Å². The zero-order valence-electron chi connectivity index (χ0n) is 11.8. The lowest BCUT2D eigenvalue weighted by molar-refractivity contribution is -0.121. The zero-order chi connectivity index (χ0) is 13.8. The molecule has 0 N–H and O–H groups in total. The van der Waals surface area contributed by atoms with E-state index in [9.17, 15) is 4.79 Å². The molecule has 0 amide bonds. The summed E-state index contributed by atoms with van der Waals surface area (Å²) in [5.41, 5.74) is 1.19. The van der Waals surface area contributed by atoms with Gasteiger partial charge in [-0.3, -0.25) is 9.69 Å². The number of piperidine rings is 1. The van der Waals surface area contributed by atoms with E-state index in [1.165, 1.54) is 5.56 Å². The molecule has 0 spiro atoms. The third-order valence-electron chi connectivity index (χ3n) is 3.79. The number of nitrogens with zero attached hydrogens (tertiary/aromatic N) is 1. The van der Waals surface area contributed by atoms with Crippen molar-refractivity contribution in [3.63, 3.8) is 0 Å². The highest BCUT2D eigenvalue weighted by atomic mass is 16.5. The molecule has 1 heterocycles. The first-order chi connectivity index (χ1) is 9.15. The average molecular weight is 263 g/mol. The van der Waals surface area contributed by atoms with E-state index < -0.39 is 0 Å². The molecule has 0 aliphatic carbocycles. The number of hydrogen-bond donors (Lipinski definition) is 0. The van der Waals surface area contributed by atoms with Crippen molar-refractivity contribution in [2.24, 2.45) is 0 Å². The third kappa shape index (κ3) is 3.07. The lowest BCUT2D eigenvalue weighted by Crippen LogP contribution is -2.35. The molecule has 1 atom stereocenters. The van der Waals surface area contributed by atoms with Gasteiger partial charge in [-0.15, -0.1) is 0 Å². The van der Waals surface area contributed by atoms with Crippen LogP contribution in [0.1, 0.15) is 31.4 Å². The molecule has 2 rings (SSSR count). The van der Waals surface area contributed by atoms with Crippen molar-refractivity contribution in [2.75, 3.05) is 27.3 Å². The van der Waals surface area contributed by atoms with Crippen LogP contribution in [0.2, 0.25) is 0 Å². The van der Waals surface area contributed by atoms with E-state index in [1.807, 2.05) is 12.1 Å². The van der Waals surface area contributed by atoms with Gasteiger partial charge in [-0.25, -0.2) is 0 Å². The Morgan fingerprint density at radius 3 is 2.32 bits per heavy atom. The molecule has 104 valence electrons. The first-order valence-corrected chi connectivity index (χ1v) is 6.63. The molecule has 0 saturated carbocycles. The zero-order valence-corrected chi connectivity index (χ0v) is 11.8. The molecule has 0 radical (unpaired) electrons. The minimum Gasteiger partial charge on any atom is -0.493 e. The van der Waals surface area contributed by atoms with Gasteiger partial charge in [0, 0.05) is 32.0 Å². The van der Waals surface area contributed by atoms with Crippen molar-refractivity contribution in [3.8, 4) is 11.5 Å². The first-order valence-electron chi connectivity index (χ1n) is 6.63. The summed E-state index contributed by atoms with van der Waals surface area (Å²) in [6, 6.07) is 6.29. The largest absolute Gasteiger partial charge is 0.493 e. The second-order valence-electron chi connectivity index (χ2n) is 4.87. The molecular weight excluding hydrogens is 242 g/mol. The maximum Gasteiger partial charge on any atom is 0.161 e. The van der Waals surface area contributed by atoms with Crippen molar-refractivity contribution in [1.82, 2.24) is 4.90 Å². The van der Waals surface area contributed by atoms with Crippen LogP contribution in [0.4, 0.5) is 0 Å². The van der Waals surface area contributed by atoms with Crippen LogP contribution >= 0.6 is 0 Å². The number of likely N-dealkylation sites (tertiary alicyclic amines) is 1. The van der Waals surface area contributed by atoms with Crippen molar-refractivity contribution < 1.29 is 14.3 Å². The van der Waals surface area contributed by atoms with E-state index in [1.54, 1.807) is 14.2 Å². The SMILES string of the molecule is COc1ccc(C(C)N2CCC(=O)CC2)cc1OC. The van der Waals surface area contributed by atoms with Crippen molar-refractivity contribution in [2.45, 2.75) is 25.8 Å². The number of rotatable bonds is 4. The number of Topliss-reactive ketones (excluding diaryl/α,β-unsaturated/α-hetero) is 1. The second-order valence-corrected chi connectivity index (χ2v) is 4.87. The predicted octanol–water partition coefficient (Wildman–Crippen LogP) is 2.43. The summed E-state index contributed by atoms with van der Waals surface area (Å²) in [6.07, 6.45) is 1.33. The van der Waals surface area contributed by atoms with Gasteiger partial charge in [0.15, 0.2) is 11.5 Å². The molecule has 1 aliphatic rings. The van der Waals surface area contributed by atoms with E-state index >= 15 is 0 Å². The Morgan fingerprint density at radius 2 is 1.74 bits per heavy atom. The minimum absolute atomic E-state index is 0.285. The molecule has 1 saturated heterocycles. The van der Waals surface area contributed by atoms with Gasteiger partial charge >= 0.3 is 0 Å². The smallest absolute Gasteiger partial charge is 0.161 e. The van der Waals surface area contributed by atoms with Gasteiger partial charge in [0.1, 0.15) is 5.78 Å². The van der Waals surface area contributed by atoms with Crippen LogP contribution in [0.5, 0.6) is 11.5 Å². The molecule has 4 nitrogen and oxygen atoms in total. The van der Waals surface area contributed by atoms with Gasteiger partial charge < -0.3 is 9.47 Å². The Kier molecular flexibility index (Phi) is 4.43. The number of ketones is 1. The lowest BCUT2D eigenvalue weighted by atomic mass is 10.0. The Labute approximate surface area is 114 Å². The lowest BCUT2D eigenvalue weighted by Gasteiger charge is -2.32. The van der Waals surface area contributed by atoms with Crippen molar-refractivity contribution in [1.29, 1.82) is 0 Å². The number of benzene rings is 1. The summed E-state index contributed by atoms with van der Waals surface area (Å²) < 4.78 is 10.6. The second kappa shape index (κ2) is 6.06. The van der Waals surface area contributed by atoms with Crippen LogP contribution in [-0.4, -0.2) is 38.0 Å². The monoisotopic (exact) mass is 263 g/mol. The number of ether oxygens (including phenoxy) is 2. The van der Waals surface area contributed by atoms with Crippen molar-refractivity contribution >= 4 is 5.78 Å². The Hall–Kier alpha value is -1.55. The maximum absolute atomic E-state index is 11.3. The van der Waals surface area contributed by atoms with Crippen LogP contribution in [-0.2, 0) is 4.79 Å². The summed E-state index contributed by atoms with van der Waals surface area (Å²) in [5.74, 6) is 1.86. The highest BCUT2D eigenvalue weighted by Crippen LogP contribution is 2.32. The Bertz CT molecular complexity index is 449. The van der Waals surface area contributed by atoms with Gasteiger partial charge in [0.2, 0.25) is 0 Å². The Balaban J connectivity index is 2.14. The molecule has 1 fully saturated rings. The van der Waals surface area contributed by atoms with Gasteiger partial charge in [-0.2, -0.15) is 0 Å². The molecule has 1 aromatic carbocycles. The molecule has 1 unspecified atom stereocenters. The van der Waals surface area contributed by atoms with Gasteiger partial charge in [0.05, 0.1) is 14.2 Å². The van der Waals surface area contributed by atoms with Crippen LogP contribution in [0.3, 0.4) is 0 Å². The predicted molar refractivity (Wildman–Crippen MR) is 73.8 cm³/mol. The molecule has 1 aromatic rings. The quantitative estimate of drug-likeness (QED) is 0.836. The molecule has 0 aromatic heterocycles. The first kappa shape index (κ1) is 13.9. The van der Waals surface area contributed by atoms with Crippen LogP contribution in [0.15, 0.2) is 18.2 Å². The highest BCUT2D eigenvalue weighted by molar-refractivity contribution is 5.79. The van der Waals surface area contributed by atoms with E-state index in [4.69, 9.17) is 9.47 Å². The van der Waals surface area contributed by atoms with Gasteiger partial charge in [0.25, 0.3) is 0 Å². The summed E-state index contributed by atoms with van der Waals surface area (Å²) in [5, 5.41) is 0. The number of methoxy groups -OCH3 is 2. The fraction of sp³-hybridized carbons (Fsp3) is 0.533. The van der Waals surface area contributed by atoms with E-state index in [0.29, 0.717) is 18.6 Å². The highest BCUT2D eigenvalue weighted by Gasteiger charge is 2.22. The number of carbonyl (C=O) groups is 1. The van der Waals surface area contributed by atoms with Crippen molar-refractivity contribution in [3.05, 3.63) is 23.8 Å². The fourth-order valence-corrected chi connectivity index (χ4v) is 2.48. The van der Waals surface area contributed by atoms with E-state index in [0.717, 1.165) is 24.6 Å². The average Bonchev–Trinajstić information content (AvgIpc) is 2.46. The minimum atomic E-state index is 0.285. The molecule has 0 bridgehead atoms.